The normalized spacial score (nSPS) is 11.0. The molecule has 4 heteroatoms. The van der Waals surface area contributed by atoms with E-state index >= 15 is 0 Å². The Kier molecular flexibility index (Phi) is 2.93. The smallest absolute Gasteiger partial charge is 0.123 e. The second-order valence-corrected chi connectivity index (χ2v) is 5.06. The Morgan fingerprint density at radius 1 is 0.864 bits per heavy atom. The highest BCUT2D eigenvalue weighted by atomic mass is 19.1. The first-order valence-electron chi connectivity index (χ1n) is 6.98. The molecule has 0 aliphatic carbocycles. The molecule has 0 saturated heterocycles. The molecular formula is C18H12FN3. The van der Waals surface area contributed by atoms with E-state index in [-0.39, 0.29) is 5.82 Å². The largest absolute Gasteiger partial charge is 0.219 e. The van der Waals surface area contributed by atoms with Gasteiger partial charge in [0.05, 0.1) is 11.9 Å². The van der Waals surface area contributed by atoms with E-state index in [2.05, 4.69) is 22.4 Å². The topological polar surface area (TPSA) is 30.7 Å². The van der Waals surface area contributed by atoms with Crippen LogP contribution >= 0.6 is 0 Å². The van der Waals surface area contributed by atoms with Crippen molar-refractivity contribution in [1.29, 1.82) is 0 Å². The summed E-state index contributed by atoms with van der Waals surface area (Å²) in [6.45, 7) is 0. The molecule has 0 N–H and O–H groups in total. The maximum absolute atomic E-state index is 13.3. The molecule has 0 saturated carbocycles. The number of hydrogen-bond acceptors (Lipinski definition) is 2. The van der Waals surface area contributed by atoms with E-state index in [4.69, 9.17) is 0 Å². The molecule has 0 aliphatic rings. The van der Waals surface area contributed by atoms with Crippen LogP contribution in [-0.2, 0) is 0 Å². The lowest BCUT2D eigenvalue weighted by atomic mass is 10.1. The van der Waals surface area contributed by atoms with Gasteiger partial charge < -0.3 is 0 Å². The summed E-state index contributed by atoms with van der Waals surface area (Å²) in [6, 6.07) is 20.5. The van der Waals surface area contributed by atoms with Gasteiger partial charge in [-0.15, -0.1) is 5.10 Å². The maximum Gasteiger partial charge on any atom is 0.123 e. The van der Waals surface area contributed by atoms with Gasteiger partial charge in [0.25, 0.3) is 0 Å². The molecular weight excluding hydrogens is 277 g/mol. The van der Waals surface area contributed by atoms with Crippen LogP contribution in [0.4, 0.5) is 4.39 Å². The first kappa shape index (κ1) is 12.7. The van der Waals surface area contributed by atoms with E-state index in [0.717, 1.165) is 16.5 Å². The minimum absolute atomic E-state index is 0.280. The van der Waals surface area contributed by atoms with Gasteiger partial charge in [0.1, 0.15) is 11.5 Å². The van der Waals surface area contributed by atoms with Crippen LogP contribution in [0.2, 0.25) is 0 Å². The van der Waals surface area contributed by atoms with E-state index in [1.165, 1.54) is 12.1 Å². The fourth-order valence-electron chi connectivity index (χ4n) is 2.57. The third kappa shape index (κ3) is 2.15. The number of fused-ring (bicyclic) bond motifs is 1. The van der Waals surface area contributed by atoms with Crippen LogP contribution in [0.25, 0.3) is 27.7 Å². The summed E-state index contributed by atoms with van der Waals surface area (Å²) < 4.78 is 15.1. The molecule has 22 heavy (non-hydrogen) atoms. The molecule has 0 fully saturated rings. The summed E-state index contributed by atoms with van der Waals surface area (Å²) in [5.74, 6) is -0.280. The molecule has 0 aliphatic heterocycles. The Morgan fingerprint density at radius 3 is 2.59 bits per heavy atom. The second kappa shape index (κ2) is 5.07. The molecule has 3 aromatic carbocycles. The third-order valence-corrected chi connectivity index (χ3v) is 3.63. The van der Waals surface area contributed by atoms with Crippen molar-refractivity contribution in [3.8, 4) is 16.9 Å². The van der Waals surface area contributed by atoms with Gasteiger partial charge >= 0.3 is 0 Å². The molecule has 0 amide bonds. The molecule has 0 spiro atoms. The van der Waals surface area contributed by atoms with Gasteiger partial charge in [-0.2, -0.15) is 0 Å². The number of benzene rings is 3. The molecule has 4 rings (SSSR count). The SMILES string of the molecule is Fc1cccc(-c2cn(-c3cccc4ccccc34)nn2)c1. The first-order chi connectivity index (χ1) is 10.8. The number of halogens is 1. The van der Waals surface area contributed by atoms with E-state index in [1.807, 2.05) is 42.6 Å². The van der Waals surface area contributed by atoms with Crippen LogP contribution < -0.4 is 0 Å². The number of aromatic nitrogens is 3. The molecule has 0 atom stereocenters. The minimum atomic E-state index is -0.280. The standard InChI is InChI=1S/C18H12FN3/c19-15-8-3-7-14(11-15)17-12-22(21-20-17)18-10-4-6-13-5-1-2-9-16(13)18/h1-12H. The summed E-state index contributed by atoms with van der Waals surface area (Å²) in [5.41, 5.74) is 2.31. The number of hydrogen-bond donors (Lipinski definition) is 0. The Labute approximate surface area is 126 Å². The van der Waals surface area contributed by atoms with Crippen LogP contribution in [-0.4, -0.2) is 15.0 Å². The van der Waals surface area contributed by atoms with Gasteiger partial charge in [-0.25, -0.2) is 9.07 Å². The molecule has 0 bridgehead atoms. The van der Waals surface area contributed by atoms with E-state index in [9.17, 15) is 4.39 Å². The second-order valence-electron chi connectivity index (χ2n) is 5.06. The predicted molar refractivity (Wildman–Crippen MR) is 84.3 cm³/mol. The van der Waals surface area contributed by atoms with Crippen LogP contribution in [0.15, 0.2) is 72.9 Å². The first-order valence-corrected chi connectivity index (χ1v) is 6.98. The van der Waals surface area contributed by atoms with Gasteiger partial charge in [-0.3, -0.25) is 0 Å². The lowest BCUT2D eigenvalue weighted by Crippen LogP contribution is -1.95. The highest BCUT2D eigenvalue weighted by Gasteiger charge is 2.08. The van der Waals surface area contributed by atoms with Crippen molar-refractivity contribution in [2.75, 3.05) is 0 Å². The average Bonchev–Trinajstić information content (AvgIpc) is 3.04. The Morgan fingerprint density at radius 2 is 1.68 bits per heavy atom. The van der Waals surface area contributed by atoms with Crippen molar-refractivity contribution in [3.63, 3.8) is 0 Å². The van der Waals surface area contributed by atoms with Gasteiger partial charge in [-0.1, -0.05) is 53.7 Å². The quantitative estimate of drug-likeness (QED) is 0.553. The zero-order valence-electron chi connectivity index (χ0n) is 11.6. The number of nitrogens with zero attached hydrogens (tertiary/aromatic N) is 3. The summed E-state index contributed by atoms with van der Waals surface area (Å²) >= 11 is 0. The lowest BCUT2D eigenvalue weighted by Gasteiger charge is -2.05. The summed E-state index contributed by atoms with van der Waals surface area (Å²) in [6.07, 6.45) is 1.82. The van der Waals surface area contributed by atoms with Gasteiger partial charge in [0.15, 0.2) is 0 Å². The highest BCUT2D eigenvalue weighted by Crippen LogP contribution is 2.23. The van der Waals surface area contributed by atoms with Crippen molar-refractivity contribution in [2.24, 2.45) is 0 Å². The monoisotopic (exact) mass is 289 g/mol. The van der Waals surface area contributed by atoms with Crippen molar-refractivity contribution in [1.82, 2.24) is 15.0 Å². The zero-order chi connectivity index (χ0) is 14.9. The van der Waals surface area contributed by atoms with E-state index in [0.29, 0.717) is 11.3 Å². The summed E-state index contributed by atoms with van der Waals surface area (Å²) in [7, 11) is 0. The van der Waals surface area contributed by atoms with Crippen LogP contribution in [0.1, 0.15) is 0 Å². The molecule has 4 aromatic rings. The summed E-state index contributed by atoms with van der Waals surface area (Å²) in [5, 5.41) is 10.6. The van der Waals surface area contributed by atoms with Gasteiger partial charge in [0, 0.05) is 10.9 Å². The molecule has 0 unspecified atom stereocenters. The fraction of sp³-hybridized carbons (Fsp3) is 0. The maximum atomic E-state index is 13.3. The fourth-order valence-corrected chi connectivity index (χ4v) is 2.57. The van der Waals surface area contributed by atoms with Crippen molar-refractivity contribution >= 4 is 10.8 Å². The number of rotatable bonds is 2. The Hall–Kier alpha value is -3.01. The molecule has 3 nitrogen and oxygen atoms in total. The van der Waals surface area contributed by atoms with E-state index in [1.54, 1.807) is 10.7 Å². The predicted octanol–water partition coefficient (Wildman–Crippen LogP) is 4.23. The average molecular weight is 289 g/mol. The minimum Gasteiger partial charge on any atom is -0.219 e. The zero-order valence-corrected chi connectivity index (χ0v) is 11.6. The summed E-state index contributed by atoms with van der Waals surface area (Å²) in [4.78, 5) is 0. The van der Waals surface area contributed by atoms with Gasteiger partial charge in [0.2, 0.25) is 0 Å². The highest BCUT2D eigenvalue weighted by molar-refractivity contribution is 5.90. The van der Waals surface area contributed by atoms with Gasteiger partial charge in [-0.05, 0) is 23.6 Å². The van der Waals surface area contributed by atoms with Crippen LogP contribution in [0.3, 0.4) is 0 Å². The molecule has 106 valence electrons. The lowest BCUT2D eigenvalue weighted by molar-refractivity contribution is 0.628. The van der Waals surface area contributed by atoms with Crippen LogP contribution in [0.5, 0.6) is 0 Å². The Bertz CT molecular complexity index is 954. The molecule has 0 radical (unpaired) electrons. The molecule has 1 aromatic heterocycles. The van der Waals surface area contributed by atoms with Crippen LogP contribution in [0, 0.1) is 5.82 Å². The van der Waals surface area contributed by atoms with Crippen molar-refractivity contribution in [3.05, 3.63) is 78.7 Å². The van der Waals surface area contributed by atoms with E-state index < -0.39 is 0 Å². The molecule has 1 heterocycles. The Balaban J connectivity index is 1.84. The van der Waals surface area contributed by atoms with Crippen molar-refractivity contribution < 1.29 is 4.39 Å². The third-order valence-electron chi connectivity index (χ3n) is 3.63. The van der Waals surface area contributed by atoms with Crippen molar-refractivity contribution in [2.45, 2.75) is 0 Å².